The van der Waals surface area contributed by atoms with Crippen LogP contribution in [0.2, 0.25) is 0 Å². The van der Waals surface area contributed by atoms with E-state index in [9.17, 15) is 22.4 Å². The van der Waals surface area contributed by atoms with E-state index in [1.165, 1.54) is 27.1 Å². The first-order valence-electron chi connectivity index (χ1n) is 8.57. The van der Waals surface area contributed by atoms with Crippen molar-refractivity contribution in [3.05, 3.63) is 64.8 Å². The van der Waals surface area contributed by atoms with Gasteiger partial charge in [-0.05, 0) is 30.3 Å². The van der Waals surface area contributed by atoms with Gasteiger partial charge in [0.15, 0.2) is 0 Å². The summed E-state index contributed by atoms with van der Waals surface area (Å²) in [6.07, 6.45) is 1.80. The highest BCUT2D eigenvalue weighted by Gasteiger charge is 2.29. The molecule has 1 aliphatic rings. The Morgan fingerprint density at radius 1 is 1.00 bits per heavy atom. The van der Waals surface area contributed by atoms with Gasteiger partial charge in [0.05, 0.1) is 4.90 Å². The Morgan fingerprint density at radius 3 is 2.30 bits per heavy atom. The predicted octanol–water partition coefficient (Wildman–Crippen LogP) is 0.911. The van der Waals surface area contributed by atoms with Crippen LogP contribution in [-0.4, -0.2) is 54.3 Å². The standard InChI is InChI=1S/C18H20FN3O4S/c19-15-4-6-16(7-5-15)27(25,26)22-13-11-21(12-14-22)18(24)8-10-20-9-2-1-3-17(20)23/h1-7,9H,8,10-14H2. The van der Waals surface area contributed by atoms with Crippen LogP contribution in [0.3, 0.4) is 0 Å². The number of hydrogen-bond donors (Lipinski definition) is 0. The third kappa shape index (κ3) is 4.42. The Bertz CT molecular complexity index is 965. The molecule has 1 fully saturated rings. The first-order chi connectivity index (χ1) is 12.9. The van der Waals surface area contributed by atoms with Gasteiger partial charge in [-0.3, -0.25) is 9.59 Å². The molecule has 1 saturated heterocycles. The number of carbonyl (C=O) groups excluding carboxylic acids is 1. The molecule has 0 saturated carbocycles. The molecule has 0 N–H and O–H groups in total. The molecule has 0 atom stereocenters. The topological polar surface area (TPSA) is 79.7 Å². The Morgan fingerprint density at radius 2 is 1.67 bits per heavy atom. The summed E-state index contributed by atoms with van der Waals surface area (Å²) >= 11 is 0. The third-order valence-corrected chi connectivity index (χ3v) is 6.42. The lowest BCUT2D eigenvalue weighted by molar-refractivity contribution is -0.132. The van der Waals surface area contributed by atoms with Crippen molar-refractivity contribution in [1.82, 2.24) is 13.8 Å². The lowest BCUT2D eigenvalue weighted by atomic mass is 10.3. The number of carbonyl (C=O) groups is 1. The average Bonchev–Trinajstić information content (AvgIpc) is 2.67. The maximum atomic E-state index is 13.0. The van der Waals surface area contributed by atoms with Gasteiger partial charge in [-0.15, -0.1) is 0 Å². The van der Waals surface area contributed by atoms with E-state index < -0.39 is 15.8 Å². The van der Waals surface area contributed by atoms with E-state index in [0.29, 0.717) is 0 Å². The van der Waals surface area contributed by atoms with Gasteiger partial charge in [-0.2, -0.15) is 4.31 Å². The summed E-state index contributed by atoms with van der Waals surface area (Å²) in [7, 11) is -3.71. The zero-order valence-electron chi connectivity index (χ0n) is 14.6. The van der Waals surface area contributed by atoms with Gasteiger partial charge >= 0.3 is 0 Å². The number of aryl methyl sites for hydroxylation is 1. The fourth-order valence-corrected chi connectivity index (χ4v) is 4.38. The molecule has 1 aliphatic heterocycles. The zero-order valence-corrected chi connectivity index (χ0v) is 15.4. The highest BCUT2D eigenvalue weighted by Crippen LogP contribution is 2.18. The van der Waals surface area contributed by atoms with E-state index in [-0.39, 0.29) is 55.5 Å². The molecule has 144 valence electrons. The average molecular weight is 393 g/mol. The predicted molar refractivity (Wildman–Crippen MR) is 97.1 cm³/mol. The number of pyridine rings is 1. The van der Waals surface area contributed by atoms with E-state index in [2.05, 4.69) is 0 Å². The van der Waals surface area contributed by atoms with Crippen LogP contribution in [-0.2, 0) is 21.4 Å². The van der Waals surface area contributed by atoms with Gasteiger partial charge in [-0.25, -0.2) is 12.8 Å². The number of aromatic nitrogens is 1. The van der Waals surface area contributed by atoms with Crippen LogP contribution in [0.15, 0.2) is 58.4 Å². The summed E-state index contributed by atoms with van der Waals surface area (Å²) in [6, 6.07) is 9.49. The Kier molecular flexibility index (Phi) is 5.71. The van der Waals surface area contributed by atoms with Gasteiger partial charge in [0, 0.05) is 51.4 Å². The molecule has 2 aromatic rings. The number of rotatable bonds is 5. The maximum absolute atomic E-state index is 13.0. The minimum atomic E-state index is -3.71. The van der Waals surface area contributed by atoms with Gasteiger partial charge in [0.1, 0.15) is 5.82 Å². The second-order valence-corrected chi connectivity index (χ2v) is 8.16. The first kappa shape index (κ1) is 19.2. The zero-order chi connectivity index (χ0) is 19.4. The van der Waals surface area contributed by atoms with Crippen LogP contribution in [0.25, 0.3) is 0 Å². The highest BCUT2D eigenvalue weighted by atomic mass is 32.2. The van der Waals surface area contributed by atoms with Gasteiger partial charge in [0.25, 0.3) is 5.56 Å². The Hall–Kier alpha value is -2.52. The summed E-state index contributed by atoms with van der Waals surface area (Å²) in [6.45, 7) is 1.20. The molecule has 2 heterocycles. The quantitative estimate of drug-likeness (QED) is 0.756. The second-order valence-electron chi connectivity index (χ2n) is 6.22. The van der Waals surface area contributed by atoms with E-state index in [0.717, 1.165) is 12.1 Å². The minimum absolute atomic E-state index is 0.0344. The van der Waals surface area contributed by atoms with E-state index in [4.69, 9.17) is 0 Å². The van der Waals surface area contributed by atoms with Crippen LogP contribution in [0.4, 0.5) is 4.39 Å². The minimum Gasteiger partial charge on any atom is -0.340 e. The van der Waals surface area contributed by atoms with Crippen LogP contribution in [0.1, 0.15) is 6.42 Å². The number of nitrogens with zero attached hydrogens (tertiary/aromatic N) is 3. The van der Waals surface area contributed by atoms with Crippen molar-refractivity contribution in [2.75, 3.05) is 26.2 Å². The highest BCUT2D eigenvalue weighted by molar-refractivity contribution is 7.89. The molecule has 1 amide bonds. The van der Waals surface area contributed by atoms with Gasteiger partial charge in [-0.1, -0.05) is 6.07 Å². The molecule has 0 spiro atoms. The molecule has 0 bridgehead atoms. The molecule has 1 aromatic carbocycles. The number of benzene rings is 1. The fourth-order valence-electron chi connectivity index (χ4n) is 2.95. The Labute approximate surface area is 156 Å². The van der Waals surface area contributed by atoms with Crippen molar-refractivity contribution in [3.63, 3.8) is 0 Å². The van der Waals surface area contributed by atoms with Crippen molar-refractivity contribution in [1.29, 1.82) is 0 Å². The molecule has 0 aliphatic carbocycles. The maximum Gasteiger partial charge on any atom is 0.250 e. The van der Waals surface area contributed by atoms with E-state index >= 15 is 0 Å². The number of hydrogen-bond acceptors (Lipinski definition) is 4. The van der Waals surface area contributed by atoms with Crippen molar-refractivity contribution in [2.45, 2.75) is 17.9 Å². The summed E-state index contributed by atoms with van der Waals surface area (Å²) in [5.41, 5.74) is -0.166. The molecule has 0 radical (unpaired) electrons. The molecule has 9 heteroatoms. The molecule has 3 rings (SSSR count). The number of amides is 1. The lowest BCUT2D eigenvalue weighted by Crippen LogP contribution is -2.50. The Balaban J connectivity index is 1.56. The molecule has 0 unspecified atom stereocenters. The summed E-state index contributed by atoms with van der Waals surface area (Å²) in [5.74, 6) is -0.619. The van der Waals surface area contributed by atoms with Crippen LogP contribution in [0, 0.1) is 5.82 Å². The SMILES string of the molecule is O=C(CCn1ccccc1=O)N1CCN(S(=O)(=O)c2ccc(F)cc2)CC1. The molecule has 7 nitrogen and oxygen atoms in total. The summed E-state index contributed by atoms with van der Waals surface area (Å²) < 4.78 is 40.9. The fraction of sp³-hybridized carbons (Fsp3) is 0.333. The number of halogens is 1. The van der Waals surface area contributed by atoms with Crippen molar-refractivity contribution < 1.29 is 17.6 Å². The second kappa shape index (κ2) is 8.01. The number of sulfonamides is 1. The molecule has 27 heavy (non-hydrogen) atoms. The largest absolute Gasteiger partial charge is 0.340 e. The first-order valence-corrected chi connectivity index (χ1v) is 10.0. The van der Waals surface area contributed by atoms with Crippen molar-refractivity contribution >= 4 is 15.9 Å². The lowest BCUT2D eigenvalue weighted by Gasteiger charge is -2.34. The van der Waals surface area contributed by atoms with Crippen LogP contribution < -0.4 is 5.56 Å². The van der Waals surface area contributed by atoms with Crippen molar-refractivity contribution in [3.8, 4) is 0 Å². The smallest absolute Gasteiger partial charge is 0.250 e. The molecular formula is C18H20FN3O4S. The van der Waals surface area contributed by atoms with Gasteiger partial charge < -0.3 is 9.47 Å². The summed E-state index contributed by atoms with van der Waals surface area (Å²) in [4.78, 5) is 25.6. The third-order valence-electron chi connectivity index (χ3n) is 4.51. The molecular weight excluding hydrogens is 373 g/mol. The normalized spacial score (nSPS) is 15.7. The van der Waals surface area contributed by atoms with Crippen LogP contribution >= 0.6 is 0 Å². The monoisotopic (exact) mass is 393 g/mol. The van der Waals surface area contributed by atoms with Crippen molar-refractivity contribution in [2.24, 2.45) is 0 Å². The van der Waals surface area contributed by atoms with E-state index in [1.807, 2.05) is 0 Å². The summed E-state index contributed by atoms with van der Waals surface area (Å²) in [5, 5.41) is 0. The van der Waals surface area contributed by atoms with Crippen LogP contribution in [0.5, 0.6) is 0 Å². The van der Waals surface area contributed by atoms with Gasteiger partial charge in [0.2, 0.25) is 15.9 Å². The van der Waals surface area contributed by atoms with E-state index in [1.54, 1.807) is 23.2 Å². The molecule has 1 aromatic heterocycles. The number of piperazine rings is 1.